The quantitative estimate of drug-likeness (QED) is 0.916. The monoisotopic (exact) mass is 304 g/mol. The molecule has 0 amide bonds. The zero-order valence-corrected chi connectivity index (χ0v) is 13.7. The smallest absolute Gasteiger partial charge is 0.157 e. The van der Waals surface area contributed by atoms with Crippen molar-refractivity contribution in [1.29, 1.82) is 0 Å². The molecule has 1 unspecified atom stereocenters. The number of nitrogens with one attached hydrogen (secondary N) is 1. The van der Waals surface area contributed by atoms with Gasteiger partial charge in [-0.25, -0.2) is 0 Å². The normalized spacial score (nSPS) is 21.9. The SMILES string of the molecule is COc1ccc(C(C)NC2=NCC3(CCCC3)CS2)cc1. The average molecular weight is 304 g/mol. The lowest BCUT2D eigenvalue weighted by Crippen LogP contribution is -2.34. The van der Waals surface area contributed by atoms with Crippen molar-refractivity contribution in [1.82, 2.24) is 5.32 Å². The minimum atomic E-state index is 0.278. The molecule has 1 fully saturated rings. The van der Waals surface area contributed by atoms with Crippen LogP contribution in [0.3, 0.4) is 0 Å². The summed E-state index contributed by atoms with van der Waals surface area (Å²) in [5.74, 6) is 2.13. The maximum Gasteiger partial charge on any atom is 0.157 e. The molecule has 1 heterocycles. The number of rotatable bonds is 3. The number of methoxy groups -OCH3 is 1. The predicted octanol–water partition coefficient (Wildman–Crippen LogP) is 4.01. The van der Waals surface area contributed by atoms with Gasteiger partial charge in [-0.1, -0.05) is 36.7 Å². The number of hydrogen-bond acceptors (Lipinski definition) is 4. The lowest BCUT2D eigenvalue weighted by molar-refractivity contribution is 0.358. The average Bonchev–Trinajstić information content (AvgIpc) is 2.98. The van der Waals surface area contributed by atoms with Crippen LogP contribution in [0.25, 0.3) is 0 Å². The van der Waals surface area contributed by atoms with Crippen molar-refractivity contribution >= 4 is 16.9 Å². The van der Waals surface area contributed by atoms with Gasteiger partial charge >= 0.3 is 0 Å². The van der Waals surface area contributed by atoms with E-state index in [-0.39, 0.29) is 6.04 Å². The van der Waals surface area contributed by atoms with Crippen LogP contribution in [0.1, 0.15) is 44.2 Å². The molecule has 4 heteroatoms. The molecular formula is C17H24N2OS. The van der Waals surface area contributed by atoms with Crippen LogP contribution in [0.5, 0.6) is 5.75 Å². The highest BCUT2D eigenvalue weighted by molar-refractivity contribution is 8.13. The van der Waals surface area contributed by atoms with Crippen molar-refractivity contribution < 1.29 is 4.74 Å². The first-order valence-electron chi connectivity index (χ1n) is 7.79. The second-order valence-electron chi connectivity index (χ2n) is 6.26. The zero-order chi connectivity index (χ0) is 14.7. The van der Waals surface area contributed by atoms with Crippen molar-refractivity contribution in [2.75, 3.05) is 19.4 Å². The van der Waals surface area contributed by atoms with Gasteiger partial charge in [0.2, 0.25) is 0 Å². The Morgan fingerprint density at radius 1 is 1.24 bits per heavy atom. The fraction of sp³-hybridized carbons (Fsp3) is 0.588. The van der Waals surface area contributed by atoms with Crippen LogP contribution in [0.2, 0.25) is 0 Å². The summed E-state index contributed by atoms with van der Waals surface area (Å²) in [6, 6.07) is 8.53. The van der Waals surface area contributed by atoms with E-state index < -0.39 is 0 Å². The summed E-state index contributed by atoms with van der Waals surface area (Å²) in [6.45, 7) is 3.20. The molecule has 1 atom stereocenters. The molecule has 3 nitrogen and oxygen atoms in total. The standard InChI is InChI=1S/C17H24N2OS/c1-13(14-5-7-15(20-2)8-6-14)19-16-18-11-17(12-21-16)9-3-4-10-17/h5-8,13H,3-4,9-12H2,1-2H3,(H,18,19). The Labute approximate surface area is 131 Å². The van der Waals surface area contributed by atoms with Crippen molar-refractivity contribution in [2.45, 2.75) is 38.6 Å². The highest BCUT2D eigenvalue weighted by Crippen LogP contribution is 2.43. The van der Waals surface area contributed by atoms with Crippen LogP contribution in [0.4, 0.5) is 0 Å². The first-order chi connectivity index (χ1) is 10.2. The molecule has 0 radical (unpaired) electrons. The minimum absolute atomic E-state index is 0.278. The minimum Gasteiger partial charge on any atom is -0.497 e. The molecule has 0 saturated heterocycles. The van der Waals surface area contributed by atoms with Crippen LogP contribution in [-0.4, -0.2) is 24.6 Å². The third kappa shape index (κ3) is 3.37. The second kappa shape index (κ2) is 6.30. The van der Waals surface area contributed by atoms with E-state index in [0.717, 1.165) is 17.5 Å². The Kier molecular flexibility index (Phi) is 4.43. The van der Waals surface area contributed by atoms with Crippen LogP contribution >= 0.6 is 11.8 Å². The summed E-state index contributed by atoms with van der Waals surface area (Å²) in [6.07, 6.45) is 5.51. The van der Waals surface area contributed by atoms with E-state index in [1.54, 1.807) is 7.11 Å². The Balaban J connectivity index is 1.59. The molecule has 1 saturated carbocycles. The molecule has 1 N–H and O–H groups in total. The van der Waals surface area contributed by atoms with Gasteiger partial charge in [0.1, 0.15) is 5.75 Å². The van der Waals surface area contributed by atoms with Gasteiger partial charge in [0.15, 0.2) is 5.17 Å². The fourth-order valence-electron chi connectivity index (χ4n) is 3.23. The van der Waals surface area contributed by atoms with Gasteiger partial charge in [-0.15, -0.1) is 0 Å². The highest BCUT2D eigenvalue weighted by Gasteiger charge is 2.36. The lowest BCUT2D eigenvalue weighted by atomic mass is 9.89. The van der Waals surface area contributed by atoms with Crippen molar-refractivity contribution in [2.24, 2.45) is 10.4 Å². The maximum atomic E-state index is 5.20. The second-order valence-corrected chi connectivity index (χ2v) is 7.22. The Morgan fingerprint density at radius 2 is 1.95 bits per heavy atom. The molecule has 21 heavy (non-hydrogen) atoms. The van der Waals surface area contributed by atoms with Crippen LogP contribution in [-0.2, 0) is 0 Å². The number of aliphatic imine (C=N–C) groups is 1. The van der Waals surface area contributed by atoms with E-state index in [4.69, 9.17) is 9.73 Å². The summed E-state index contributed by atoms with van der Waals surface area (Å²) >= 11 is 1.90. The van der Waals surface area contributed by atoms with E-state index in [2.05, 4.69) is 24.4 Å². The van der Waals surface area contributed by atoms with Gasteiger partial charge in [0.25, 0.3) is 0 Å². The molecule has 1 aliphatic carbocycles. The Morgan fingerprint density at radius 3 is 2.52 bits per heavy atom. The summed E-state index contributed by atoms with van der Waals surface area (Å²) in [5.41, 5.74) is 1.78. The summed E-state index contributed by atoms with van der Waals surface area (Å²) in [4.78, 5) is 4.81. The molecule has 1 aromatic rings. The topological polar surface area (TPSA) is 33.6 Å². The van der Waals surface area contributed by atoms with E-state index in [0.29, 0.717) is 5.41 Å². The first-order valence-corrected chi connectivity index (χ1v) is 8.77. The lowest BCUT2D eigenvalue weighted by Gasteiger charge is -2.32. The first kappa shape index (κ1) is 14.8. The largest absolute Gasteiger partial charge is 0.497 e. The maximum absolute atomic E-state index is 5.20. The number of benzene rings is 1. The number of nitrogens with zero attached hydrogens (tertiary/aromatic N) is 1. The number of thioether (sulfide) groups is 1. The Bertz CT molecular complexity index is 506. The van der Waals surface area contributed by atoms with Crippen LogP contribution in [0, 0.1) is 5.41 Å². The van der Waals surface area contributed by atoms with Gasteiger partial charge in [0.05, 0.1) is 13.2 Å². The molecule has 0 aromatic heterocycles. The molecule has 1 aromatic carbocycles. The van der Waals surface area contributed by atoms with Gasteiger partial charge < -0.3 is 10.1 Å². The van der Waals surface area contributed by atoms with Gasteiger partial charge in [-0.05, 0) is 42.9 Å². The van der Waals surface area contributed by atoms with Gasteiger partial charge in [0, 0.05) is 12.3 Å². The fourth-order valence-corrected chi connectivity index (χ4v) is 4.47. The summed E-state index contributed by atoms with van der Waals surface area (Å²) in [5, 5.41) is 4.66. The molecular weight excluding hydrogens is 280 g/mol. The number of ether oxygens (including phenoxy) is 1. The molecule has 2 aliphatic rings. The van der Waals surface area contributed by atoms with E-state index in [1.165, 1.54) is 37.0 Å². The Hall–Kier alpha value is -1.16. The molecule has 114 valence electrons. The molecule has 0 bridgehead atoms. The third-order valence-electron chi connectivity index (χ3n) is 4.69. The molecule has 3 rings (SSSR count). The van der Waals surface area contributed by atoms with E-state index in [1.807, 2.05) is 23.9 Å². The predicted molar refractivity (Wildman–Crippen MR) is 90.2 cm³/mol. The summed E-state index contributed by atoms with van der Waals surface area (Å²) < 4.78 is 5.20. The molecule has 1 spiro atoms. The van der Waals surface area contributed by atoms with Gasteiger partial charge in [-0.3, -0.25) is 4.99 Å². The van der Waals surface area contributed by atoms with Crippen molar-refractivity contribution in [3.8, 4) is 5.75 Å². The molecule has 1 aliphatic heterocycles. The third-order valence-corrected chi connectivity index (χ3v) is 5.97. The van der Waals surface area contributed by atoms with E-state index >= 15 is 0 Å². The highest BCUT2D eigenvalue weighted by atomic mass is 32.2. The zero-order valence-electron chi connectivity index (χ0n) is 12.9. The number of hydrogen-bond donors (Lipinski definition) is 1. The number of amidine groups is 1. The van der Waals surface area contributed by atoms with Crippen LogP contribution in [0.15, 0.2) is 29.3 Å². The summed E-state index contributed by atoms with van der Waals surface area (Å²) in [7, 11) is 1.70. The van der Waals surface area contributed by atoms with Gasteiger partial charge in [-0.2, -0.15) is 0 Å². The van der Waals surface area contributed by atoms with E-state index in [9.17, 15) is 0 Å². The van der Waals surface area contributed by atoms with Crippen molar-refractivity contribution in [3.05, 3.63) is 29.8 Å². The van der Waals surface area contributed by atoms with Crippen LogP contribution < -0.4 is 10.1 Å². The van der Waals surface area contributed by atoms with Crippen molar-refractivity contribution in [3.63, 3.8) is 0 Å².